The number of rotatable bonds is 4. The molecule has 0 aliphatic rings. The maximum atomic E-state index is 4.46. The number of aromatic nitrogens is 1. The number of hydrogen-bond donors (Lipinski definition) is 1. The normalized spacial score (nSPS) is 10.7. The summed E-state index contributed by atoms with van der Waals surface area (Å²) in [4.78, 5) is 8.58. The summed E-state index contributed by atoms with van der Waals surface area (Å²) in [7, 11) is 0. The zero-order valence-electron chi connectivity index (χ0n) is 9.83. The Morgan fingerprint density at radius 3 is 2.50 bits per heavy atom. The Morgan fingerprint density at radius 2 is 1.94 bits per heavy atom. The van der Waals surface area contributed by atoms with Gasteiger partial charge < -0.3 is 5.32 Å². The summed E-state index contributed by atoms with van der Waals surface area (Å²) in [5.41, 5.74) is 1.13. The lowest BCUT2D eigenvalue weighted by Crippen LogP contribution is -1.96. The first kappa shape index (κ1) is 11.6. The van der Waals surface area contributed by atoms with Crippen LogP contribution < -0.4 is 5.32 Å². The van der Waals surface area contributed by atoms with Gasteiger partial charge in [-0.05, 0) is 32.4 Å². The van der Waals surface area contributed by atoms with Crippen LogP contribution in [0, 0.1) is 13.8 Å². The van der Waals surface area contributed by atoms with E-state index < -0.39 is 0 Å². The Hall–Kier alpha value is -0.870. The minimum Gasteiger partial charge on any atom is -0.357 e. The lowest BCUT2D eigenvalue weighted by molar-refractivity contribution is 1.14. The summed E-state index contributed by atoms with van der Waals surface area (Å²) in [6.07, 6.45) is 1.13. The first-order chi connectivity index (χ1) is 7.69. The summed E-state index contributed by atoms with van der Waals surface area (Å²) in [5.74, 6) is 0. The Bertz CT molecular complexity index is 452. The van der Waals surface area contributed by atoms with Gasteiger partial charge >= 0.3 is 0 Å². The van der Waals surface area contributed by atoms with E-state index in [-0.39, 0.29) is 0 Å². The van der Waals surface area contributed by atoms with Gasteiger partial charge in [0.05, 0.1) is 12.2 Å². The van der Waals surface area contributed by atoms with Crippen molar-refractivity contribution in [2.24, 2.45) is 0 Å². The van der Waals surface area contributed by atoms with E-state index in [1.807, 2.05) is 11.3 Å². The number of aryl methyl sites for hydroxylation is 3. The minimum absolute atomic E-state index is 0.886. The molecular formula is C12H16N2S2. The summed E-state index contributed by atoms with van der Waals surface area (Å²) in [5, 5.41) is 4.41. The number of thiophene rings is 1. The predicted molar refractivity (Wildman–Crippen MR) is 72.6 cm³/mol. The van der Waals surface area contributed by atoms with Gasteiger partial charge in [-0.2, -0.15) is 0 Å². The van der Waals surface area contributed by atoms with Gasteiger partial charge in [-0.3, -0.25) is 0 Å². The Morgan fingerprint density at radius 1 is 1.19 bits per heavy atom. The number of nitrogens with one attached hydrogen (secondary N) is 1. The van der Waals surface area contributed by atoms with Crippen LogP contribution in [0.15, 0.2) is 12.1 Å². The summed E-state index contributed by atoms with van der Waals surface area (Å²) in [6, 6.07) is 4.41. The molecule has 1 N–H and O–H groups in total. The second kappa shape index (κ2) is 4.97. The molecule has 2 heterocycles. The second-order valence-corrected chi connectivity index (χ2v) is 6.19. The van der Waals surface area contributed by atoms with Crippen molar-refractivity contribution in [1.29, 1.82) is 0 Å². The molecule has 0 spiro atoms. The number of thiazole rings is 1. The van der Waals surface area contributed by atoms with E-state index in [1.165, 1.54) is 14.6 Å². The maximum absolute atomic E-state index is 4.46. The van der Waals surface area contributed by atoms with Crippen molar-refractivity contribution >= 4 is 27.8 Å². The molecule has 0 atom stereocenters. The quantitative estimate of drug-likeness (QED) is 0.889. The van der Waals surface area contributed by atoms with Crippen LogP contribution in [0.1, 0.15) is 27.2 Å². The molecule has 0 bridgehead atoms. The Kier molecular flexibility index (Phi) is 3.61. The molecule has 2 aromatic rings. The Labute approximate surface area is 104 Å². The van der Waals surface area contributed by atoms with Gasteiger partial charge in [0.25, 0.3) is 0 Å². The number of hydrogen-bond acceptors (Lipinski definition) is 4. The third-order valence-corrected chi connectivity index (χ3v) is 4.77. The van der Waals surface area contributed by atoms with Crippen molar-refractivity contribution in [3.05, 3.63) is 32.5 Å². The predicted octanol–water partition coefficient (Wildman–Crippen LogP) is 4.00. The zero-order valence-corrected chi connectivity index (χ0v) is 11.5. The van der Waals surface area contributed by atoms with Crippen LogP contribution in [0.25, 0.3) is 0 Å². The van der Waals surface area contributed by atoms with E-state index in [0.717, 1.165) is 23.8 Å². The molecule has 2 rings (SSSR count). The molecular weight excluding hydrogens is 236 g/mol. The smallest absolute Gasteiger partial charge is 0.183 e. The first-order valence-corrected chi connectivity index (χ1v) is 7.08. The van der Waals surface area contributed by atoms with E-state index >= 15 is 0 Å². The molecule has 16 heavy (non-hydrogen) atoms. The molecule has 0 saturated carbocycles. The van der Waals surface area contributed by atoms with Crippen LogP contribution in [0.2, 0.25) is 0 Å². The van der Waals surface area contributed by atoms with Crippen molar-refractivity contribution in [3.8, 4) is 0 Å². The molecule has 0 aliphatic heterocycles. The topological polar surface area (TPSA) is 24.9 Å². The lowest BCUT2D eigenvalue weighted by Gasteiger charge is -1.98. The van der Waals surface area contributed by atoms with Crippen molar-refractivity contribution in [3.63, 3.8) is 0 Å². The van der Waals surface area contributed by atoms with Crippen LogP contribution in [-0.2, 0) is 13.0 Å². The number of nitrogens with zero attached hydrogens (tertiary/aromatic N) is 1. The van der Waals surface area contributed by atoms with Gasteiger partial charge in [-0.1, -0.05) is 6.92 Å². The standard InChI is InChI=1S/C12H16N2S2/c1-4-10-5-6-11(16-10)7-13-12-14-8(2)9(3)15-12/h5-6H,4,7H2,1-3H3,(H,13,14). The van der Waals surface area contributed by atoms with Crippen molar-refractivity contribution in [2.45, 2.75) is 33.7 Å². The number of anilines is 1. The fraction of sp³-hybridized carbons (Fsp3) is 0.417. The third kappa shape index (κ3) is 2.62. The highest BCUT2D eigenvalue weighted by Crippen LogP contribution is 2.23. The fourth-order valence-electron chi connectivity index (χ4n) is 1.42. The summed E-state index contributed by atoms with van der Waals surface area (Å²) < 4.78 is 0. The molecule has 0 amide bonds. The molecule has 86 valence electrons. The van der Waals surface area contributed by atoms with Crippen molar-refractivity contribution in [2.75, 3.05) is 5.32 Å². The van der Waals surface area contributed by atoms with Gasteiger partial charge in [0, 0.05) is 14.6 Å². The van der Waals surface area contributed by atoms with Crippen LogP contribution in [0.3, 0.4) is 0 Å². The van der Waals surface area contributed by atoms with E-state index in [1.54, 1.807) is 11.3 Å². The molecule has 4 heteroatoms. The summed E-state index contributed by atoms with van der Waals surface area (Å²) >= 11 is 3.61. The molecule has 0 radical (unpaired) electrons. The van der Waals surface area contributed by atoms with Crippen molar-refractivity contribution in [1.82, 2.24) is 4.98 Å². The van der Waals surface area contributed by atoms with Crippen LogP contribution in [-0.4, -0.2) is 4.98 Å². The monoisotopic (exact) mass is 252 g/mol. The van der Waals surface area contributed by atoms with Gasteiger partial charge in [0.15, 0.2) is 5.13 Å². The van der Waals surface area contributed by atoms with Gasteiger partial charge in [-0.15, -0.1) is 22.7 Å². The fourth-order valence-corrected chi connectivity index (χ4v) is 3.13. The third-order valence-electron chi connectivity index (χ3n) is 2.51. The Balaban J connectivity index is 1.96. The van der Waals surface area contributed by atoms with E-state index in [2.05, 4.69) is 43.2 Å². The highest BCUT2D eigenvalue weighted by atomic mass is 32.1. The molecule has 0 fully saturated rings. The van der Waals surface area contributed by atoms with Gasteiger partial charge in [0.2, 0.25) is 0 Å². The molecule has 0 aromatic carbocycles. The van der Waals surface area contributed by atoms with E-state index in [4.69, 9.17) is 0 Å². The highest BCUT2D eigenvalue weighted by molar-refractivity contribution is 7.15. The van der Waals surface area contributed by atoms with Crippen molar-refractivity contribution < 1.29 is 0 Å². The first-order valence-electron chi connectivity index (χ1n) is 5.44. The lowest BCUT2D eigenvalue weighted by atomic mass is 10.4. The average Bonchev–Trinajstić information content (AvgIpc) is 2.84. The molecule has 2 aromatic heterocycles. The zero-order chi connectivity index (χ0) is 11.5. The van der Waals surface area contributed by atoms with Crippen LogP contribution >= 0.6 is 22.7 Å². The van der Waals surface area contributed by atoms with Gasteiger partial charge in [0.1, 0.15) is 0 Å². The average molecular weight is 252 g/mol. The molecule has 0 unspecified atom stereocenters. The summed E-state index contributed by atoms with van der Waals surface area (Å²) in [6.45, 7) is 7.24. The van der Waals surface area contributed by atoms with E-state index in [9.17, 15) is 0 Å². The maximum Gasteiger partial charge on any atom is 0.183 e. The van der Waals surface area contributed by atoms with Crippen LogP contribution in [0.4, 0.5) is 5.13 Å². The second-order valence-electron chi connectivity index (χ2n) is 3.74. The minimum atomic E-state index is 0.886. The molecule has 0 aliphatic carbocycles. The largest absolute Gasteiger partial charge is 0.357 e. The van der Waals surface area contributed by atoms with E-state index in [0.29, 0.717) is 0 Å². The molecule has 0 saturated heterocycles. The SMILES string of the molecule is CCc1ccc(CNc2nc(C)c(C)s2)s1. The molecule has 2 nitrogen and oxygen atoms in total. The highest BCUT2D eigenvalue weighted by Gasteiger charge is 2.03. The van der Waals surface area contributed by atoms with Crippen LogP contribution in [0.5, 0.6) is 0 Å². The van der Waals surface area contributed by atoms with Gasteiger partial charge in [-0.25, -0.2) is 4.98 Å².